The molecule has 1 aromatic carbocycles. The summed E-state index contributed by atoms with van der Waals surface area (Å²) in [6.07, 6.45) is 2.52. The molecule has 1 fully saturated rings. The van der Waals surface area contributed by atoms with Crippen molar-refractivity contribution in [2.75, 3.05) is 25.9 Å². The van der Waals surface area contributed by atoms with Crippen molar-refractivity contribution in [2.24, 2.45) is 0 Å². The Kier molecular flexibility index (Phi) is 3.86. The molecule has 120 valence electrons. The van der Waals surface area contributed by atoms with Crippen molar-refractivity contribution >= 4 is 15.9 Å². The lowest BCUT2D eigenvalue weighted by atomic mass is 9.90. The Labute approximate surface area is 130 Å². The summed E-state index contributed by atoms with van der Waals surface area (Å²) in [7, 11) is -2.21. The standard InChI is InChI=1S/C15H20N2O4S/c1-16-22(19,20)10-14(18)17-9-8-15(11-17)7-6-12-4-2-3-5-13(12)21-15/h2-5,16H,6-11H2,1H3/t15-/m0/s1. The van der Waals surface area contributed by atoms with Crippen molar-refractivity contribution in [3.63, 3.8) is 0 Å². The highest BCUT2D eigenvalue weighted by atomic mass is 32.2. The molecule has 1 atom stereocenters. The molecule has 22 heavy (non-hydrogen) atoms. The quantitative estimate of drug-likeness (QED) is 0.880. The summed E-state index contributed by atoms with van der Waals surface area (Å²) in [5.41, 5.74) is 0.823. The van der Waals surface area contributed by atoms with Crippen LogP contribution in [0.15, 0.2) is 24.3 Å². The maximum atomic E-state index is 12.1. The summed E-state index contributed by atoms with van der Waals surface area (Å²) < 4.78 is 31.3. The molecule has 1 aromatic rings. The number of benzene rings is 1. The van der Waals surface area contributed by atoms with Crippen molar-refractivity contribution in [1.29, 1.82) is 0 Å². The number of likely N-dealkylation sites (tertiary alicyclic amines) is 1. The van der Waals surface area contributed by atoms with Gasteiger partial charge in [-0.05, 0) is 31.5 Å². The first-order valence-corrected chi connectivity index (χ1v) is 9.04. The van der Waals surface area contributed by atoms with Gasteiger partial charge >= 0.3 is 0 Å². The number of para-hydroxylation sites is 1. The molecule has 0 aliphatic carbocycles. The topological polar surface area (TPSA) is 75.7 Å². The third-order valence-electron chi connectivity index (χ3n) is 4.44. The highest BCUT2D eigenvalue weighted by molar-refractivity contribution is 7.90. The first kappa shape index (κ1) is 15.3. The number of fused-ring (bicyclic) bond motifs is 1. The molecule has 2 aliphatic heterocycles. The van der Waals surface area contributed by atoms with Gasteiger partial charge in [0.15, 0.2) is 0 Å². The van der Waals surface area contributed by atoms with E-state index in [4.69, 9.17) is 4.74 Å². The molecule has 3 rings (SSSR count). The van der Waals surface area contributed by atoms with E-state index in [0.717, 1.165) is 25.0 Å². The number of carbonyl (C=O) groups is 1. The van der Waals surface area contributed by atoms with E-state index in [1.54, 1.807) is 4.90 Å². The van der Waals surface area contributed by atoms with Gasteiger partial charge in [0.05, 0.1) is 6.54 Å². The molecule has 1 spiro atoms. The lowest BCUT2D eigenvalue weighted by Crippen LogP contribution is -2.44. The normalized spacial score (nSPS) is 24.1. The van der Waals surface area contributed by atoms with E-state index < -0.39 is 15.8 Å². The highest BCUT2D eigenvalue weighted by Gasteiger charge is 2.44. The molecule has 1 saturated heterocycles. The molecule has 0 unspecified atom stereocenters. The Morgan fingerprint density at radius 3 is 2.91 bits per heavy atom. The fraction of sp³-hybridized carbons (Fsp3) is 0.533. The number of aryl methyl sites for hydroxylation is 1. The number of amides is 1. The predicted octanol–water partition coefficient (Wildman–Crippen LogP) is 0.532. The minimum atomic E-state index is -3.53. The summed E-state index contributed by atoms with van der Waals surface area (Å²) in [4.78, 5) is 13.7. The Balaban J connectivity index is 1.69. The molecule has 0 bridgehead atoms. The van der Waals surface area contributed by atoms with Crippen molar-refractivity contribution in [3.05, 3.63) is 29.8 Å². The summed E-state index contributed by atoms with van der Waals surface area (Å²) in [6, 6.07) is 7.94. The Morgan fingerprint density at radius 2 is 2.14 bits per heavy atom. The number of ether oxygens (including phenoxy) is 1. The van der Waals surface area contributed by atoms with Gasteiger partial charge in [-0.25, -0.2) is 13.1 Å². The van der Waals surface area contributed by atoms with Gasteiger partial charge in [0.25, 0.3) is 0 Å². The van der Waals surface area contributed by atoms with Gasteiger partial charge < -0.3 is 9.64 Å². The van der Waals surface area contributed by atoms with Crippen molar-refractivity contribution < 1.29 is 17.9 Å². The minimum absolute atomic E-state index is 0.367. The first-order valence-electron chi connectivity index (χ1n) is 7.39. The van der Waals surface area contributed by atoms with Gasteiger partial charge in [-0.15, -0.1) is 0 Å². The van der Waals surface area contributed by atoms with E-state index in [0.29, 0.717) is 13.1 Å². The third kappa shape index (κ3) is 2.96. The fourth-order valence-corrected chi connectivity index (χ4v) is 3.78. The van der Waals surface area contributed by atoms with E-state index in [1.165, 1.54) is 12.6 Å². The molecule has 2 heterocycles. The Bertz CT molecular complexity index is 689. The maximum absolute atomic E-state index is 12.1. The monoisotopic (exact) mass is 324 g/mol. The summed E-state index contributed by atoms with van der Waals surface area (Å²) in [6.45, 7) is 1.000. The fourth-order valence-electron chi connectivity index (χ4n) is 3.13. The van der Waals surface area contributed by atoms with E-state index in [9.17, 15) is 13.2 Å². The van der Waals surface area contributed by atoms with Gasteiger partial charge in [-0.3, -0.25) is 4.79 Å². The Hall–Kier alpha value is -1.60. The summed E-state index contributed by atoms with van der Waals surface area (Å²) >= 11 is 0. The first-order chi connectivity index (χ1) is 10.4. The molecule has 7 heteroatoms. The van der Waals surface area contributed by atoms with Crippen LogP contribution in [0.5, 0.6) is 5.75 Å². The van der Waals surface area contributed by atoms with E-state index in [-0.39, 0.29) is 11.5 Å². The van der Waals surface area contributed by atoms with Crippen LogP contribution in [0.4, 0.5) is 0 Å². The molecule has 0 aromatic heterocycles. The van der Waals surface area contributed by atoms with Crippen LogP contribution in [0.25, 0.3) is 0 Å². The van der Waals surface area contributed by atoms with Gasteiger partial charge in [0, 0.05) is 13.0 Å². The van der Waals surface area contributed by atoms with Crippen molar-refractivity contribution in [3.8, 4) is 5.75 Å². The molecular weight excluding hydrogens is 304 g/mol. The minimum Gasteiger partial charge on any atom is -0.485 e. The van der Waals surface area contributed by atoms with E-state index in [2.05, 4.69) is 10.8 Å². The summed E-state index contributed by atoms with van der Waals surface area (Å²) in [5, 5.41) is 0. The zero-order chi connectivity index (χ0) is 15.8. The lowest BCUT2D eigenvalue weighted by molar-refractivity contribution is -0.128. The summed E-state index contributed by atoms with van der Waals surface area (Å²) in [5.74, 6) is 0.00970. The number of rotatable bonds is 3. The van der Waals surface area contributed by atoms with Crippen LogP contribution in [-0.2, 0) is 21.2 Å². The number of nitrogens with zero attached hydrogens (tertiary/aromatic N) is 1. The van der Waals surface area contributed by atoms with Gasteiger partial charge in [-0.2, -0.15) is 0 Å². The SMILES string of the molecule is CNS(=O)(=O)CC(=O)N1CC[C@@]2(CCc3ccccc3O2)C1. The molecule has 2 aliphatic rings. The Morgan fingerprint density at radius 1 is 1.36 bits per heavy atom. The van der Waals surface area contributed by atoms with Crippen LogP contribution in [0.3, 0.4) is 0 Å². The van der Waals surface area contributed by atoms with Crippen LogP contribution in [0.2, 0.25) is 0 Å². The molecule has 0 saturated carbocycles. The maximum Gasteiger partial charge on any atom is 0.239 e. The van der Waals surface area contributed by atoms with Crippen LogP contribution < -0.4 is 9.46 Å². The number of hydrogen-bond donors (Lipinski definition) is 1. The average Bonchev–Trinajstić information content (AvgIpc) is 2.90. The number of carbonyl (C=O) groups excluding carboxylic acids is 1. The smallest absolute Gasteiger partial charge is 0.239 e. The predicted molar refractivity (Wildman–Crippen MR) is 82.2 cm³/mol. The van der Waals surface area contributed by atoms with Crippen molar-refractivity contribution in [1.82, 2.24) is 9.62 Å². The molecule has 1 amide bonds. The second kappa shape index (κ2) is 5.55. The number of hydrogen-bond acceptors (Lipinski definition) is 4. The van der Waals surface area contributed by atoms with Gasteiger partial charge in [0.1, 0.15) is 17.1 Å². The number of nitrogens with one attached hydrogen (secondary N) is 1. The third-order valence-corrected chi connectivity index (χ3v) is 5.69. The zero-order valence-corrected chi connectivity index (χ0v) is 13.4. The lowest BCUT2D eigenvalue weighted by Gasteiger charge is -2.35. The van der Waals surface area contributed by atoms with Gasteiger partial charge in [-0.1, -0.05) is 18.2 Å². The highest BCUT2D eigenvalue weighted by Crippen LogP contribution is 2.38. The molecule has 6 nitrogen and oxygen atoms in total. The van der Waals surface area contributed by atoms with Gasteiger partial charge in [0.2, 0.25) is 15.9 Å². The largest absolute Gasteiger partial charge is 0.485 e. The average molecular weight is 324 g/mol. The van der Waals surface area contributed by atoms with Crippen LogP contribution >= 0.6 is 0 Å². The second-order valence-electron chi connectivity index (χ2n) is 5.92. The molecular formula is C15H20N2O4S. The molecule has 1 N–H and O–H groups in total. The van der Waals surface area contributed by atoms with E-state index in [1.807, 2.05) is 18.2 Å². The van der Waals surface area contributed by atoms with Crippen LogP contribution in [0.1, 0.15) is 18.4 Å². The number of sulfonamides is 1. The zero-order valence-electron chi connectivity index (χ0n) is 12.5. The molecule has 0 radical (unpaired) electrons. The second-order valence-corrected chi connectivity index (χ2v) is 7.85. The van der Waals surface area contributed by atoms with Crippen LogP contribution in [-0.4, -0.2) is 50.7 Å². The van der Waals surface area contributed by atoms with E-state index >= 15 is 0 Å². The van der Waals surface area contributed by atoms with Crippen molar-refractivity contribution in [2.45, 2.75) is 24.9 Å². The van der Waals surface area contributed by atoms with Crippen LogP contribution in [0, 0.1) is 0 Å².